The molecule has 0 amide bonds. The number of nitrogen functional groups attached to an aromatic ring is 1. The van der Waals surface area contributed by atoms with Crippen molar-refractivity contribution in [2.45, 2.75) is 19.4 Å². The van der Waals surface area contributed by atoms with Crippen molar-refractivity contribution < 1.29 is 9.13 Å². The molecule has 5 heteroatoms. The quantitative estimate of drug-likeness (QED) is 0.640. The summed E-state index contributed by atoms with van der Waals surface area (Å²) < 4.78 is 18.5. The fraction of sp³-hybridized carbons (Fsp3) is 0.533. The van der Waals surface area contributed by atoms with Crippen molar-refractivity contribution in [1.82, 2.24) is 4.90 Å². The number of hydrogen-bond acceptors (Lipinski definition) is 3. The summed E-state index contributed by atoms with van der Waals surface area (Å²) in [6.07, 6.45) is 2.33. The van der Waals surface area contributed by atoms with Gasteiger partial charge in [0.1, 0.15) is 11.7 Å². The SMILES string of the molecule is COCC1CCCN(Cc2ccc(F)cc2C(=N)N)C1. The molecule has 1 aliphatic heterocycles. The van der Waals surface area contributed by atoms with Crippen LogP contribution in [0.1, 0.15) is 24.0 Å². The van der Waals surface area contributed by atoms with Crippen LogP contribution in [-0.4, -0.2) is 37.5 Å². The standard InChI is InChI=1S/C15H22FN3O/c1-20-10-11-3-2-6-19(8-11)9-12-4-5-13(16)7-14(12)15(17)18/h4-5,7,11H,2-3,6,8-10H2,1H3,(H3,17,18). The van der Waals surface area contributed by atoms with Crippen LogP contribution in [0.25, 0.3) is 0 Å². The number of piperidine rings is 1. The Morgan fingerprint density at radius 3 is 3.05 bits per heavy atom. The number of benzene rings is 1. The van der Waals surface area contributed by atoms with Gasteiger partial charge in [0.05, 0.1) is 6.61 Å². The van der Waals surface area contributed by atoms with Crippen molar-refractivity contribution in [1.29, 1.82) is 5.41 Å². The van der Waals surface area contributed by atoms with Crippen molar-refractivity contribution >= 4 is 5.84 Å². The first-order valence-electron chi connectivity index (χ1n) is 6.94. The zero-order valence-electron chi connectivity index (χ0n) is 11.9. The zero-order valence-corrected chi connectivity index (χ0v) is 11.9. The Hall–Kier alpha value is -1.46. The molecule has 4 nitrogen and oxygen atoms in total. The lowest BCUT2D eigenvalue weighted by atomic mass is 9.97. The van der Waals surface area contributed by atoms with Crippen LogP contribution in [0.15, 0.2) is 18.2 Å². The number of nitrogens with two attached hydrogens (primary N) is 1. The van der Waals surface area contributed by atoms with Gasteiger partial charge in [-0.3, -0.25) is 10.3 Å². The number of nitrogens with one attached hydrogen (secondary N) is 1. The van der Waals surface area contributed by atoms with E-state index >= 15 is 0 Å². The maximum Gasteiger partial charge on any atom is 0.123 e. The molecule has 1 unspecified atom stereocenters. The minimum absolute atomic E-state index is 0.0787. The molecule has 0 radical (unpaired) electrons. The third-order valence-corrected chi connectivity index (χ3v) is 3.76. The van der Waals surface area contributed by atoms with E-state index in [1.807, 2.05) is 0 Å². The Balaban J connectivity index is 2.07. The molecule has 1 heterocycles. The molecule has 0 saturated carbocycles. The lowest BCUT2D eigenvalue weighted by Crippen LogP contribution is -2.37. The molecule has 1 aromatic rings. The highest BCUT2D eigenvalue weighted by Crippen LogP contribution is 2.20. The van der Waals surface area contributed by atoms with Gasteiger partial charge in [0, 0.05) is 25.8 Å². The van der Waals surface area contributed by atoms with Crippen molar-refractivity contribution in [2.24, 2.45) is 11.7 Å². The second kappa shape index (κ2) is 6.81. The first-order valence-corrected chi connectivity index (χ1v) is 6.94. The Kier molecular flexibility index (Phi) is 5.09. The summed E-state index contributed by atoms with van der Waals surface area (Å²) in [4.78, 5) is 2.33. The van der Waals surface area contributed by atoms with Crippen LogP contribution in [0.5, 0.6) is 0 Å². The summed E-state index contributed by atoms with van der Waals surface area (Å²) >= 11 is 0. The molecule has 1 atom stereocenters. The van der Waals surface area contributed by atoms with Gasteiger partial charge < -0.3 is 10.5 Å². The molecule has 3 N–H and O–H groups in total. The molecular formula is C15H22FN3O. The topological polar surface area (TPSA) is 62.3 Å². The maximum atomic E-state index is 13.3. The molecule has 0 spiro atoms. The van der Waals surface area contributed by atoms with E-state index in [0.29, 0.717) is 18.0 Å². The third-order valence-electron chi connectivity index (χ3n) is 3.76. The molecule has 0 aromatic heterocycles. The van der Waals surface area contributed by atoms with E-state index in [1.54, 1.807) is 13.2 Å². The van der Waals surface area contributed by atoms with Gasteiger partial charge in [-0.2, -0.15) is 0 Å². The second-order valence-corrected chi connectivity index (χ2v) is 5.41. The molecule has 1 aromatic carbocycles. The van der Waals surface area contributed by atoms with Crippen molar-refractivity contribution in [2.75, 3.05) is 26.8 Å². The average molecular weight is 279 g/mol. The number of methoxy groups -OCH3 is 1. The first-order chi connectivity index (χ1) is 9.60. The monoisotopic (exact) mass is 279 g/mol. The van der Waals surface area contributed by atoms with Gasteiger partial charge in [-0.1, -0.05) is 6.07 Å². The molecule has 110 valence electrons. The summed E-state index contributed by atoms with van der Waals surface area (Å²) in [5.74, 6) is 0.120. The Bertz CT molecular complexity index is 476. The minimum Gasteiger partial charge on any atom is -0.384 e. The second-order valence-electron chi connectivity index (χ2n) is 5.41. The van der Waals surface area contributed by atoms with E-state index in [-0.39, 0.29) is 11.7 Å². The minimum atomic E-state index is -0.352. The van der Waals surface area contributed by atoms with Gasteiger partial charge >= 0.3 is 0 Å². The lowest BCUT2D eigenvalue weighted by Gasteiger charge is -2.32. The highest BCUT2D eigenvalue weighted by Gasteiger charge is 2.21. The highest BCUT2D eigenvalue weighted by atomic mass is 19.1. The van der Waals surface area contributed by atoms with E-state index < -0.39 is 0 Å². The van der Waals surface area contributed by atoms with Crippen molar-refractivity contribution in [3.05, 3.63) is 35.1 Å². The number of rotatable bonds is 5. The van der Waals surface area contributed by atoms with Gasteiger partial charge in [0.2, 0.25) is 0 Å². The molecule has 0 bridgehead atoms. The smallest absolute Gasteiger partial charge is 0.123 e. The number of halogens is 1. The molecule has 1 aliphatic rings. The van der Waals surface area contributed by atoms with Crippen LogP contribution < -0.4 is 5.73 Å². The van der Waals surface area contributed by atoms with Crippen LogP contribution in [0.4, 0.5) is 4.39 Å². The normalized spacial score (nSPS) is 20.0. The van der Waals surface area contributed by atoms with Crippen LogP contribution in [0.3, 0.4) is 0 Å². The predicted molar refractivity (Wildman–Crippen MR) is 77.3 cm³/mol. The number of ether oxygens (including phenoxy) is 1. The zero-order chi connectivity index (χ0) is 14.5. The van der Waals surface area contributed by atoms with E-state index in [9.17, 15) is 4.39 Å². The molecule has 1 saturated heterocycles. The predicted octanol–water partition coefficient (Wildman–Crippen LogP) is 1.97. The average Bonchev–Trinajstić information content (AvgIpc) is 2.41. The van der Waals surface area contributed by atoms with Crippen LogP contribution in [0.2, 0.25) is 0 Å². The van der Waals surface area contributed by atoms with Crippen LogP contribution in [-0.2, 0) is 11.3 Å². The Morgan fingerprint density at radius 2 is 2.35 bits per heavy atom. The summed E-state index contributed by atoms with van der Waals surface area (Å²) in [7, 11) is 1.73. The lowest BCUT2D eigenvalue weighted by molar-refractivity contribution is 0.0873. The van der Waals surface area contributed by atoms with Gasteiger partial charge in [0.15, 0.2) is 0 Å². The van der Waals surface area contributed by atoms with E-state index in [4.69, 9.17) is 15.9 Å². The summed E-state index contributed by atoms with van der Waals surface area (Å²) in [6.45, 7) is 3.48. The number of amidine groups is 1. The fourth-order valence-electron chi connectivity index (χ4n) is 2.84. The Labute approximate surface area is 119 Å². The van der Waals surface area contributed by atoms with Gasteiger partial charge in [0.25, 0.3) is 0 Å². The van der Waals surface area contributed by atoms with E-state index in [2.05, 4.69) is 4.90 Å². The largest absolute Gasteiger partial charge is 0.384 e. The van der Waals surface area contributed by atoms with Crippen LogP contribution in [0, 0.1) is 17.1 Å². The molecule has 20 heavy (non-hydrogen) atoms. The summed E-state index contributed by atoms with van der Waals surface area (Å²) in [6, 6.07) is 4.50. The van der Waals surface area contributed by atoms with Gasteiger partial charge in [-0.25, -0.2) is 4.39 Å². The molecular weight excluding hydrogens is 257 g/mol. The van der Waals surface area contributed by atoms with Crippen LogP contribution >= 0.6 is 0 Å². The highest BCUT2D eigenvalue weighted by molar-refractivity contribution is 5.96. The summed E-state index contributed by atoms with van der Waals surface area (Å²) in [5, 5.41) is 7.57. The molecule has 1 fully saturated rings. The van der Waals surface area contributed by atoms with Gasteiger partial charge in [-0.05, 0) is 43.0 Å². The molecule has 2 rings (SSSR count). The Morgan fingerprint density at radius 1 is 1.55 bits per heavy atom. The van der Waals surface area contributed by atoms with Gasteiger partial charge in [-0.15, -0.1) is 0 Å². The maximum absolute atomic E-state index is 13.3. The van der Waals surface area contributed by atoms with E-state index in [0.717, 1.165) is 31.7 Å². The number of likely N-dealkylation sites (tertiary alicyclic amines) is 1. The van der Waals surface area contributed by atoms with E-state index in [1.165, 1.54) is 18.6 Å². The van der Waals surface area contributed by atoms with Crippen molar-refractivity contribution in [3.63, 3.8) is 0 Å². The fourth-order valence-corrected chi connectivity index (χ4v) is 2.84. The number of nitrogens with zero attached hydrogens (tertiary/aromatic N) is 1. The third kappa shape index (κ3) is 3.77. The number of hydrogen-bond donors (Lipinski definition) is 2. The first kappa shape index (κ1) is 14.9. The summed E-state index contributed by atoms with van der Waals surface area (Å²) in [5.41, 5.74) is 6.95. The molecule has 0 aliphatic carbocycles. The van der Waals surface area contributed by atoms with Crippen molar-refractivity contribution in [3.8, 4) is 0 Å².